The Balaban J connectivity index is 1.71. The third-order valence-electron chi connectivity index (χ3n) is 3.29. The van der Waals surface area contributed by atoms with Crippen LogP contribution in [0.25, 0.3) is 10.2 Å². The molecule has 0 spiro atoms. The molecule has 0 bridgehead atoms. The maximum atomic E-state index is 6.23. The molecule has 20 heavy (non-hydrogen) atoms. The summed E-state index contributed by atoms with van der Waals surface area (Å²) >= 11 is 5.23. The quantitative estimate of drug-likeness (QED) is 0.744. The SMILES string of the molecule is NC(CCc1nc2cc(Br)ccc2s1)c1ccccc1. The molecule has 0 fully saturated rings. The molecule has 3 rings (SSSR count). The maximum Gasteiger partial charge on any atom is 0.0939 e. The van der Waals surface area contributed by atoms with E-state index in [1.807, 2.05) is 18.2 Å². The number of nitrogens with two attached hydrogens (primary N) is 1. The van der Waals surface area contributed by atoms with Gasteiger partial charge in [-0.25, -0.2) is 4.98 Å². The highest BCUT2D eigenvalue weighted by molar-refractivity contribution is 9.10. The number of aryl methyl sites for hydroxylation is 1. The molecule has 1 aromatic heterocycles. The van der Waals surface area contributed by atoms with E-state index in [0.29, 0.717) is 0 Å². The summed E-state index contributed by atoms with van der Waals surface area (Å²) in [6, 6.07) is 16.6. The van der Waals surface area contributed by atoms with Crippen LogP contribution in [0, 0.1) is 0 Å². The number of halogens is 1. The Hall–Kier alpha value is -1.23. The topological polar surface area (TPSA) is 38.9 Å². The minimum absolute atomic E-state index is 0.0787. The number of nitrogens with zero attached hydrogens (tertiary/aromatic N) is 1. The normalized spacial score (nSPS) is 12.7. The predicted molar refractivity (Wildman–Crippen MR) is 89.0 cm³/mol. The molecular weight excluding hydrogens is 332 g/mol. The highest BCUT2D eigenvalue weighted by atomic mass is 79.9. The van der Waals surface area contributed by atoms with Crippen LogP contribution in [0.1, 0.15) is 23.0 Å². The van der Waals surface area contributed by atoms with Gasteiger partial charge in [0, 0.05) is 16.9 Å². The molecule has 0 saturated carbocycles. The van der Waals surface area contributed by atoms with Gasteiger partial charge in [-0.2, -0.15) is 0 Å². The van der Waals surface area contributed by atoms with Crippen LogP contribution in [-0.4, -0.2) is 4.98 Å². The van der Waals surface area contributed by atoms with Crippen LogP contribution < -0.4 is 5.73 Å². The number of hydrogen-bond donors (Lipinski definition) is 1. The van der Waals surface area contributed by atoms with E-state index in [1.165, 1.54) is 10.3 Å². The fraction of sp³-hybridized carbons (Fsp3) is 0.188. The van der Waals surface area contributed by atoms with Crippen molar-refractivity contribution in [2.75, 3.05) is 0 Å². The van der Waals surface area contributed by atoms with Crippen molar-refractivity contribution in [3.8, 4) is 0 Å². The summed E-state index contributed by atoms with van der Waals surface area (Å²) in [6.07, 6.45) is 1.85. The lowest BCUT2D eigenvalue weighted by molar-refractivity contribution is 0.650. The van der Waals surface area contributed by atoms with E-state index in [1.54, 1.807) is 11.3 Å². The van der Waals surface area contributed by atoms with Crippen molar-refractivity contribution in [1.29, 1.82) is 0 Å². The monoisotopic (exact) mass is 346 g/mol. The average Bonchev–Trinajstić information content (AvgIpc) is 2.87. The molecule has 0 amide bonds. The third-order valence-corrected chi connectivity index (χ3v) is 4.88. The molecule has 2 aromatic carbocycles. The van der Waals surface area contributed by atoms with Gasteiger partial charge in [0.05, 0.1) is 15.2 Å². The third kappa shape index (κ3) is 3.08. The van der Waals surface area contributed by atoms with Gasteiger partial charge in [-0.05, 0) is 30.2 Å². The van der Waals surface area contributed by atoms with Gasteiger partial charge >= 0.3 is 0 Å². The van der Waals surface area contributed by atoms with E-state index in [2.05, 4.69) is 51.2 Å². The second-order valence-corrected chi connectivity index (χ2v) is 6.81. The van der Waals surface area contributed by atoms with Crippen LogP contribution in [-0.2, 0) is 6.42 Å². The van der Waals surface area contributed by atoms with Gasteiger partial charge in [0.15, 0.2) is 0 Å². The standard InChI is InChI=1S/C16H15BrN2S/c17-12-6-8-15-14(10-12)19-16(20-15)9-7-13(18)11-4-2-1-3-5-11/h1-6,8,10,13H,7,9,18H2. The number of fused-ring (bicyclic) bond motifs is 1. The van der Waals surface area contributed by atoms with Gasteiger partial charge in [0.1, 0.15) is 0 Å². The van der Waals surface area contributed by atoms with Crippen molar-refractivity contribution in [2.24, 2.45) is 5.73 Å². The zero-order valence-corrected chi connectivity index (χ0v) is 13.3. The average molecular weight is 347 g/mol. The maximum absolute atomic E-state index is 6.23. The fourth-order valence-electron chi connectivity index (χ4n) is 2.20. The zero-order chi connectivity index (χ0) is 13.9. The smallest absolute Gasteiger partial charge is 0.0939 e. The van der Waals surface area contributed by atoms with E-state index in [9.17, 15) is 0 Å². The molecule has 1 heterocycles. The Kier molecular flexibility index (Phi) is 4.15. The molecule has 2 N–H and O–H groups in total. The highest BCUT2D eigenvalue weighted by Crippen LogP contribution is 2.27. The second-order valence-electron chi connectivity index (χ2n) is 4.78. The second kappa shape index (κ2) is 6.04. The van der Waals surface area contributed by atoms with Gasteiger partial charge in [-0.15, -0.1) is 11.3 Å². The number of rotatable bonds is 4. The van der Waals surface area contributed by atoms with Crippen molar-refractivity contribution in [3.63, 3.8) is 0 Å². The lowest BCUT2D eigenvalue weighted by atomic mass is 10.0. The molecule has 1 unspecified atom stereocenters. The summed E-state index contributed by atoms with van der Waals surface area (Å²) in [4.78, 5) is 4.67. The minimum Gasteiger partial charge on any atom is -0.324 e. The van der Waals surface area contributed by atoms with Crippen LogP contribution in [0.4, 0.5) is 0 Å². The van der Waals surface area contributed by atoms with E-state index in [0.717, 1.165) is 27.8 Å². The summed E-state index contributed by atoms with van der Waals surface area (Å²) < 4.78 is 2.30. The van der Waals surface area contributed by atoms with Crippen molar-refractivity contribution in [1.82, 2.24) is 4.98 Å². The van der Waals surface area contributed by atoms with E-state index in [4.69, 9.17) is 5.73 Å². The molecular formula is C16H15BrN2S. The molecule has 1 atom stereocenters. The number of thiazole rings is 1. The fourth-order valence-corrected chi connectivity index (χ4v) is 3.51. The molecule has 4 heteroatoms. The molecule has 0 aliphatic carbocycles. The van der Waals surface area contributed by atoms with Crippen molar-refractivity contribution >= 4 is 37.5 Å². The predicted octanol–water partition coefficient (Wildman–Crippen LogP) is 4.69. The molecule has 0 aliphatic rings. The first-order valence-corrected chi connectivity index (χ1v) is 8.19. The molecule has 0 radical (unpaired) electrons. The first kappa shape index (κ1) is 13.7. The Labute approximate surface area is 130 Å². The van der Waals surface area contributed by atoms with Gasteiger partial charge in [-0.1, -0.05) is 46.3 Å². The lowest BCUT2D eigenvalue weighted by Crippen LogP contribution is -2.10. The summed E-state index contributed by atoms with van der Waals surface area (Å²) in [5.41, 5.74) is 8.48. The summed E-state index contributed by atoms with van der Waals surface area (Å²) in [5, 5.41) is 1.16. The molecule has 0 aliphatic heterocycles. The Morgan fingerprint density at radius 3 is 2.75 bits per heavy atom. The van der Waals surface area contributed by atoms with Crippen molar-refractivity contribution < 1.29 is 0 Å². The van der Waals surface area contributed by atoms with Crippen LogP contribution in [0.5, 0.6) is 0 Å². The summed E-state index contributed by atoms with van der Waals surface area (Å²) in [7, 11) is 0. The molecule has 3 aromatic rings. The van der Waals surface area contributed by atoms with Crippen LogP contribution >= 0.6 is 27.3 Å². The van der Waals surface area contributed by atoms with E-state index < -0.39 is 0 Å². The summed E-state index contributed by atoms with van der Waals surface area (Å²) in [6.45, 7) is 0. The Morgan fingerprint density at radius 2 is 1.95 bits per heavy atom. The zero-order valence-electron chi connectivity index (χ0n) is 10.9. The van der Waals surface area contributed by atoms with Gasteiger partial charge in [0.25, 0.3) is 0 Å². The molecule has 102 valence electrons. The van der Waals surface area contributed by atoms with Gasteiger partial charge in [0.2, 0.25) is 0 Å². The number of benzene rings is 2. The summed E-state index contributed by atoms with van der Waals surface area (Å²) in [5.74, 6) is 0. The minimum atomic E-state index is 0.0787. The lowest BCUT2D eigenvalue weighted by Gasteiger charge is -2.10. The first-order valence-electron chi connectivity index (χ1n) is 6.58. The Bertz CT molecular complexity index is 709. The highest BCUT2D eigenvalue weighted by Gasteiger charge is 2.09. The van der Waals surface area contributed by atoms with E-state index in [-0.39, 0.29) is 6.04 Å². The van der Waals surface area contributed by atoms with E-state index >= 15 is 0 Å². The number of hydrogen-bond acceptors (Lipinski definition) is 3. The van der Waals surface area contributed by atoms with Gasteiger partial charge in [-0.3, -0.25) is 0 Å². The van der Waals surface area contributed by atoms with Crippen LogP contribution in [0.15, 0.2) is 53.0 Å². The van der Waals surface area contributed by atoms with Crippen molar-refractivity contribution in [2.45, 2.75) is 18.9 Å². The Morgan fingerprint density at radius 1 is 1.15 bits per heavy atom. The van der Waals surface area contributed by atoms with Gasteiger partial charge < -0.3 is 5.73 Å². The largest absolute Gasteiger partial charge is 0.324 e. The molecule has 2 nitrogen and oxygen atoms in total. The first-order chi connectivity index (χ1) is 9.72. The van der Waals surface area contributed by atoms with Crippen LogP contribution in [0.2, 0.25) is 0 Å². The molecule has 0 saturated heterocycles. The van der Waals surface area contributed by atoms with Crippen LogP contribution in [0.3, 0.4) is 0 Å². The van der Waals surface area contributed by atoms with Crippen molar-refractivity contribution in [3.05, 3.63) is 63.6 Å². The number of aromatic nitrogens is 1.